The number of allylic oxidation sites excluding steroid dienone is 2. The Morgan fingerprint density at radius 1 is 0.925 bits per heavy atom. The van der Waals surface area contributed by atoms with Gasteiger partial charge in [0.1, 0.15) is 11.3 Å². The van der Waals surface area contributed by atoms with E-state index in [4.69, 9.17) is 9.40 Å². The van der Waals surface area contributed by atoms with E-state index < -0.39 is 0 Å². The number of aromatic nitrogens is 1. The predicted octanol–water partition coefficient (Wildman–Crippen LogP) is 14.0. The molecule has 53 heavy (non-hydrogen) atoms. The van der Waals surface area contributed by atoms with Crippen LogP contribution in [0.15, 0.2) is 82.3 Å². The molecule has 1 radical (unpaired) electrons. The van der Waals surface area contributed by atoms with Gasteiger partial charge < -0.3 is 9.52 Å². The van der Waals surface area contributed by atoms with Crippen LogP contribution in [0.25, 0.3) is 54.3 Å². The summed E-state index contributed by atoms with van der Waals surface area (Å²) in [5.41, 5.74) is 8.65. The molecule has 3 heterocycles. The number of thiophene rings is 1. The predicted molar refractivity (Wildman–Crippen MR) is 222 cm³/mol. The fraction of sp³-hybridized carbons (Fsp3) is 0.404. The van der Waals surface area contributed by atoms with E-state index in [1.807, 2.05) is 52.0 Å². The molecule has 0 saturated heterocycles. The minimum absolute atomic E-state index is 0. The molecule has 1 N–H and O–H groups in total. The van der Waals surface area contributed by atoms with Gasteiger partial charge in [-0.15, -0.1) is 40.5 Å². The third kappa shape index (κ3) is 9.76. The monoisotopic (exact) mass is 907 g/mol. The number of aryl methyl sites for hydroxylation is 1. The molecule has 0 unspecified atom stereocenters. The van der Waals surface area contributed by atoms with Gasteiger partial charge in [0.15, 0.2) is 11.4 Å². The van der Waals surface area contributed by atoms with Crippen molar-refractivity contribution in [2.24, 2.45) is 17.8 Å². The molecular weight excluding hydrogens is 851 g/mol. The fourth-order valence-electron chi connectivity index (χ4n) is 7.11. The zero-order chi connectivity index (χ0) is 37.7. The Bertz CT molecular complexity index is 2190. The van der Waals surface area contributed by atoms with Crippen LogP contribution in [0.4, 0.5) is 0 Å². The smallest absolute Gasteiger partial charge is 0.162 e. The molecule has 283 valence electrons. The third-order valence-electron chi connectivity index (χ3n) is 10.1. The number of pyridine rings is 1. The standard InChI is InChI=1S/C34H32NOS.C13H24O2.Ir/c1-20(2)13-25-19-37-32-17-23(11-12-27(25)32)28-18-30(35-31-14-21(3)36-33(28)31)24-15-22-9-7-8-10-26(22)29(16-24)34(4,5)6;1-5-10(6-2)12(14)9-13(15)11(7-3)8-4;/h7-12,14,16-20H,13H2,1-6H3;9-11,14H,5-8H2,1-4H3;/q-1;;/b;12-9-;. The van der Waals surface area contributed by atoms with Gasteiger partial charge in [-0.1, -0.05) is 110 Å². The maximum atomic E-state index is 11.7. The van der Waals surface area contributed by atoms with Crippen molar-refractivity contribution in [3.8, 4) is 22.4 Å². The summed E-state index contributed by atoms with van der Waals surface area (Å²) in [7, 11) is 0. The Kier molecular flexibility index (Phi) is 14.5. The summed E-state index contributed by atoms with van der Waals surface area (Å²) < 4.78 is 7.51. The van der Waals surface area contributed by atoms with Crippen LogP contribution in [-0.2, 0) is 36.7 Å². The van der Waals surface area contributed by atoms with Gasteiger partial charge in [-0.3, -0.25) is 9.78 Å². The quantitative estimate of drug-likeness (QED) is 0.0799. The SMILES string of the molecule is CCC(CC)C(=O)/C=C(\O)C(CC)CC.Cc1cc2nc(-c3[c-]c4ccccc4c(C(C)(C)C)c3)cc(-c3ccc4c(CC(C)C)csc4c3)c2o1.[Ir]. The summed E-state index contributed by atoms with van der Waals surface area (Å²) >= 11 is 1.83. The van der Waals surface area contributed by atoms with Crippen molar-refractivity contribution in [2.45, 2.75) is 107 Å². The fourth-order valence-corrected chi connectivity index (χ4v) is 8.12. The maximum absolute atomic E-state index is 11.7. The molecule has 0 spiro atoms. The third-order valence-corrected chi connectivity index (χ3v) is 11.1. The van der Waals surface area contributed by atoms with E-state index in [2.05, 4.69) is 101 Å². The number of ketones is 1. The van der Waals surface area contributed by atoms with Crippen LogP contribution >= 0.6 is 11.3 Å². The molecule has 0 amide bonds. The minimum atomic E-state index is 0. The molecule has 3 aromatic carbocycles. The van der Waals surface area contributed by atoms with Crippen molar-refractivity contribution in [3.63, 3.8) is 0 Å². The van der Waals surface area contributed by atoms with Gasteiger partial charge >= 0.3 is 0 Å². The van der Waals surface area contributed by atoms with Gasteiger partial charge in [-0.05, 0) is 78.3 Å². The first kappa shape index (κ1) is 42.2. The largest absolute Gasteiger partial charge is 0.512 e. The zero-order valence-electron chi connectivity index (χ0n) is 33.1. The number of furan rings is 1. The van der Waals surface area contributed by atoms with E-state index >= 15 is 0 Å². The van der Waals surface area contributed by atoms with Crippen LogP contribution in [0.1, 0.15) is 105 Å². The average molecular weight is 907 g/mol. The summed E-state index contributed by atoms with van der Waals surface area (Å²) in [5, 5.41) is 15.8. The van der Waals surface area contributed by atoms with Gasteiger partial charge in [-0.25, -0.2) is 0 Å². The van der Waals surface area contributed by atoms with Crippen LogP contribution in [0.5, 0.6) is 0 Å². The first-order valence-corrected chi connectivity index (χ1v) is 20.0. The molecule has 0 aliphatic heterocycles. The van der Waals surface area contributed by atoms with Gasteiger partial charge in [0, 0.05) is 60.0 Å². The second-order valence-corrected chi connectivity index (χ2v) is 16.5. The molecule has 0 atom stereocenters. The van der Waals surface area contributed by atoms with Gasteiger partial charge in [0.05, 0.1) is 5.76 Å². The molecule has 0 bridgehead atoms. The summed E-state index contributed by atoms with van der Waals surface area (Å²) in [4.78, 5) is 16.8. The second-order valence-electron chi connectivity index (χ2n) is 15.6. The van der Waals surface area contributed by atoms with Gasteiger partial charge in [0.2, 0.25) is 0 Å². The number of hydrogen-bond acceptors (Lipinski definition) is 5. The van der Waals surface area contributed by atoms with Gasteiger partial charge in [0.25, 0.3) is 0 Å². The van der Waals surface area contributed by atoms with Crippen LogP contribution in [0, 0.1) is 30.7 Å². The number of aliphatic hydroxyl groups is 1. The Balaban J connectivity index is 0.000000335. The summed E-state index contributed by atoms with van der Waals surface area (Å²) in [6, 6.07) is 25.5. The molecule has 0 saturated carbocycles. The molecule has 0 fully saturated rings. The Hall–Kier alpha value is -3.57. The number of rotatable bonds is 11. The van der Waals surface area contributed by atoms with Crippen molar-refractivity contribution in [1.82, 2.24) is 4.98 Å². The van der Waals surface area contributed by atoms with E-state index in [9.17, 15) is 9.90 Å². The number of aliphatic hydroxyl groups excluding tert-OH is 1. The van der Waals surface area contributed by atoms with Crippen molar-refractivity contribution >= 4 is 49.1 Å². The number of carbonyl (C=O) groups is 1. The van der Waals surface area contributed by atoms with Crippen molar-refractivity contribution in [1.29, 1.82) is 0 Å². The molecule has 0 aliphatic rings. The first-order chi connectivity index (χ1) is 24.8. The Morgan fingerprint density at radius 3 is 2.25 bits per heavy atom. The van der Waals surface area contributed by atoms with Crippen LogP contribution in [0.2, 0.25) is 0 Å². The van der Waals surface area contributed by atoms with Crippen molar-refractivity contribution < 1.29 is 34.4 Å². The molecule has 6 heteroatoms. The van der Waals surface area contributed by atoms with E-state index in [-0.39, 0.29) is 48.9 Å². The second kappa shape index (κ2) is 18.2. The normalized spacial score (nSPS) is 12.2. The van der Waals surface area contributed by atoms with E-state index in [1.54, 1.807) is 0 Å². The topological polar surface area (TPSA) is 63.3 Å². The van der Waals surface area contributed by atoms with Crippen LogP contribution < -0.4 is 0 Å². The maximum Gasteiger partial charge on any atom is 0.162 e. The number of carbonyl (C=O) groups excluding carboxylic acids is 1. The van der Waals surface area contributed by atoms with Crippen molar-refractivity contribution in [3.05, 3.63) is 101 Å². The summed E-state index contributed by atoms with van der Waals surface area (Å²) in [6.07, 6.45) is 6.01. The van der Waals surface area contributed by atoms with Gasteiger partial charge in [-0.2, -0.15) is 0 Å². The van der Waals surface area contributed by atoms with Crippen LogP contribution in [0.3, 0.4) is 0 Å². The Morgan fingerprint density at radius 2 is 1.60 bits per heavy atom. The van der Waals surface area contributed by atoms with Crippen molar-refractivity contribution in [2.75, 3.05) is 0 Å². The Labute approximate surface area is 334 Å². The molecule has 6 rings (SSSR count). The molecular formula is C47H56IrNO3S-. The summed E-state index contributed by atoms with van der Waals surface area (Å²) in [6.45, 7) is 21.4. The minimum Gasteiger partial charge on any atom is -0.512 e. The number of hydrogen-bond donors (Lipinski definition) is 1. The van der Waals surface area contributed by atoms with E-state index in [0.29, 0.717) is 5.92 Å². The number of nitrogens with zero attached hydrogens (tertiary/aromatic N) is 1. The number of benzene rings is 3. The van der Waals surface area contributed by atoms with E-state index in [0.717, 1.165) is 76.7 Å². The number of fused-ring (bicyclic) bond motifs is 3. The first-order valence-electron chi connectivity index (χ1n) is 19.1. The summed E-state index contributed by atoms with van der Waals surface area (Å²) in [5.74, 6) is 2.06. The average Bonchev–Trinajstić information content (AvgIpc) is 3.69. The van der Waals surface area contributed by atoms with E-state index in [1.165, 1.54) is 32.7 Å². The van der Waals surface area contributed by atoms with Crippen LogP contribution in [-0.4, -0.2) is 15.9 Å². The molecule has 3 aromatic heterocycles. The molecule has 4 nitrogen and oxygen atoms in total. The molecule has 0 aliphatic carbocycles. The zero-order valence-corrected chi connectivity index (χ0v) is 36.4. The molecule has 6 aromatic rings.